The Bertz CT molecular complexity index is 655. The molecule has 19 heavy (non-hydrogen) atoms. The fourth-order valence-electron chi connectivity index (χ4n) is 2.12. The van der Waals surface area contributed by atoms with Crippen molar-refractivity contribution in [3.63, 3.8) is 0 Å². The summed E-state index contributed by atoms with van der Waals surface area (Å²) in [5.74, 6) is -0.935. The zero-order valence-electron chi connectivity index (χ0n) is 10.8. The second-order valence-electron chi connectivity index (χ2n) is 4.49. The lowest BCUT2D eigenvalue weighted by Gasteiger charge is -2.06. The number of benzene rings is 1. The maximum Gasteiger partial charge on any atom is 0.343 e. The summed E-state index contributed by atoms with van der Waals surface area (Å²) in [7, 11) is 0. The van der Waals surface area contributed by atoms with Gasteiger partial charge in [0.2, 0.25) is 5.43 Å². The number of carboxylic acids is 1. The van der Waals surface area contributed by atoms with E-state index in [0.717, 1.165) is 19.3 Å². The molecule has 1 aromatic carbocycles. The Labute approximate surface area is 110 Å². The third kappa shape index (κ3) is 2.67. The lowest BCUT2D eigenvalue weighted by atomic mass is 10.1. The molecule has 0 fully saturated rings. The van der Waals surface area contributed by atoms with Crippen molar-refractivity contribution < 1.29 is 14.3 Å². The predicted molar refractivity (Wildman–Crippen MR) is 72.7 cm³/mol. The Morgan fingerprint density at radius 1 is 1.26 bits per heavy atom. The largest absolute Gasteiger partial charge is 0.477 e. The van der Waals surface area contributed by atoms with Gasteiger partial charge in [-0.15, -0.1) is 0 Å². The molecule has 0 aliphatic rings. The van der Waals surface area contributed by atoms with Crippen LogP contribution in [0.2, 0.25) is 0 Å². The third-order valence-electron chi connectivity index (χ3n) is 3.09. The molecule has 0 aliphatic heterocycles. The van der Waals surface area contributed by atoms with Crippen LogP contribution in [0.4, 0.5) is 0 Å². The van der Waals surface area contributed by atoms with Gasteiger partial charge in [-0.1, -0.05) is 31.9 Å². The molecule has 0 amide bonds. The molecule has 0 saturated carbocycles. The van der Waals surface area contributed by atoms with Crippen molar-refractivity contribution in [1.29, 1.82) is 0 Å². The Hall–Kier alpha value is -2.10. The van der Waals surface area contributed by atoms with Crippen LogP contribution < -0.4 is 5.43 Å². The Balaban J connectivity index is 2.57. The maximum absolute atomic E-state index is 12.2. The van der Waals surface area contributed by atoms with Gasteiger partial charge in [-0.3, -0.25) is 4.79 Å². The second kappa shape index (κ2) is 5.69. The molecule has 1 aromatic heterocycles. The van der Waals surface area contributed by atoms with Gasteiger partial charge >= 0.3 is 5.97 Å². The molecule has 0 saturated heterocycles. The third-order valence-corrected chi connectivity index (χ3v) is 3.09. The highest BCUT2D eigenvalue weighted by Gasteiger charge is 2.19. The van der Waals surface area contributed by atoms with E-state index in [1.807, 2.05) is 0 Å². The number of fused-ring (bicyclic) bond motifs is 1. The first-order chi connectivity index (χ1) is 9.15. The number of rotatable bonds is 5. The standard InChI is InChI=1S/C15H16O4/c1-2-3-4-9-12-13(15(17)18)14(16)10-7-5-6-8-11(10)19-12/h5-8H,2-4,9H2,1H3,(H,17,18). The highest BCUT2D eigenvalue weighted by molar-refractivity contribution is 5.92. The fraction of sp³-hybridized carbons (Fsp3) is 0.333. The van der Waals surface area contributed by atoms with Crippen molar-refractivity contribution >= 4 is 16.9 Å². The minimum absolute atomic E-state index is 0.227. The summed E-state index contributed by atoms with van der Waals surface area (Å²) in [6.07, 6.45) is 3.31. The summed E-state index contributed by atoms with van der Waals surface area (Å²) in [4.78, 5) is 23.4. The number of hydrogen-bond donors (Lipinski definition) is 1. The molecule has 2 aromatic rings. The Morgan fingerprint density at radius 3 is 2.68 bits per heavy atom. The monoisotopic (exact) mass is 260 g/mol. The number of hydrogen-bond acceptors (Lipinski definition) is 3. The molecule has 0 aliphatic carbocycles. The van der Waals surface area contributed by atoms with Gasteiger partial charge in [0, 0.05) is 6.42 Å². The van der Waals surface area contributed by atoms with Crippen LogP contribution in [0.25, 0.3) is 11.0 Å². The molecular weight excluding hydrogens is 244 g/mol. The summed E-state index contributed by atoms with van der Waals surface area (Å²) in [5, 5.41) is 9.52. The molecule has 0 bridgehead atoms. The van der Waals surface area contributed by atoms with Crippen LogP contribution in [0.5, 0.6) is 0 Å². The van der Waals surface area contributed by atoms with E-state index < -0.39 is 11.4 Å². The van der Waals surface area contributed by atoms with Crippen molar-refractivity contribution in [3.8, 4) is 0 Å². The number of aryl methyl sites for hydroxylation is 1. The summed E-state index contributed by atoms with van der Waals surface area (Å²) in [6, 6.07) is 6.73. The van der Waals surface area contributed by atoms with Crippen LogP contribution in [0.1, 0.15) is 42.3 Å². The molecule has 1 N–H and O–H groups in total. The highest BCUT2D eigenvalue weighted by Crippen LogP contribution is 2.17. The molecule has 100 valence electrons. The first kappa shape index (κ1) is 13.3. The summed E-state index contributed by atoms with van der Waals surface area (Å²) in [6.45, 7) is 2.06. The quantitative estimate of drug-likeness (QED) is 0.838. The molecule has 0 spiro atoms. The van der Waals surface area contributed by atoms with E-state index in [4.69, 9.17) is 4.42 Å². The van der Waals surface area contributed by atoms with Crippen LogP contribution in [0.3, 0.4) is 0 Å². The summed E-state index contributed by atoms with van der Waals surface area (Å²) in [5.41, 5.74) is -0.236. The van der Waals surface area contributed by atoms with E-state index in [9.17, 15) is 14.7 Å². The first-order valence-electron chi connectivity index (χ1n) is 6.43. The van der Waals surface area contributed by atoms with E-state index in [0.29, 0.717) is 17.4 Å². The smallest absolute Gasteiger partial charge is 0.343 e. The minimum Gasteiger partial charge on any atom is -0.477 e. The topological polar surface area (TPSA) is 67.5 Å². The van der Waals surface area contributed by atoms with Crippen LogP contribution in [0, 0.1) is 0 Å². The van der Waals surface area contributed by atoms with Gasteiger partial charge in [-0.25, -0.2) is 4.79 Å². The molecule has 2 rings (SSSR count). The highest BCUT2D eigenvalue weighted by atomic mass is 16.4. The minimum atomic E-state index is -1.22. The predicted octanol–water partition coefficient (Wildman–Crippen LogP) is 3.22. The van der Waals surface area contributed by atoms with Gasteiger partial charge in [0.25, 0.3) is 0 Å². The van der Waals surface area contributed by atoms with E-state index in [-0.39, 0.29) is 11.3 Å². The van der Waals surface area contributed by atoms with Crippen LogP contribution in [-0.2, 0) is 6.42 Å². The molecule has 4 nitrogen and oxygen atoms in total. The summed E-state index contributed by atoms with van der Waals surface area (Å²) < 4.78 is 5.60. The average molecular weight is 260 g/mol. The van der Waals surface area contributed by atoms with Gasteiger partial charge in [-0.2, -0.15) is 0 Å². The van der Waals surface area contributed by atoms with E-state index in [1.165, 1.54) is 0 Å². The van der Waals surface area contributed by atoms with Crippen LogP contribution in [-0.4, -0.2) is 11.1 Å². The number of para-hydroxylation sites is 1. The van der Waals surface area contributed by atoms with Crippen molar-refractivity contribution in [2.24, 2.45) is 0 Å². The summed E-state index contributed by atoms with van der Waals surface area (Å²) >= 11 is 0. The second-order valence-corrected chi connectivity index (χ2v) is 4.49. The number of carboxylic acid groups (broad SMARTS) is 1. The van der Waals surface area contributed by atoms with Crippen LogP contribution in [0.15, 0.2) is 33.5 Å². The van der Waals surface area contributed by atoms with Crippen molar-refractivity contribution in [2.75, 3.05) is 0 Å². The van der Waals surface area contributed by atoms with E-state index in [2.05, 4.69) is 6.92 Å². The fourth-order valence-corrected chi connectivity index (χ4v) is 2.12. The van der Waals surface area contributed by atoms with Crippen LogP contribution >= 0.6 is 0 Å². The zero-order chi connectivity index (χ0) is 13.8. The molecule has 0 unspecified atom stereocenters. The zero-order valence-corrected chi connectivity index (χ0v) is 10.8. The normalized spacial score (nSPS) is 10.8. The SMILES string of the molecule is CCCCCc1oc2ccccc2c(=O)c1C(=O)O. The van der Waals surface area contributed by atoms with Gasteiger partial charge in [-0.05, 0) is 18.6 Å². The first-order valence-corrected chi connectivity index (χ1v) is 6.43. The van der Waals surface area contributed by atoms with Gasteiger partial charge < -0.3 is 9.52 Å². The number of unbranched alkanes of at least 4 members (excludes halogenated alkanes) is 2. The maximum atomic E-state index is 12.2. The molecule has 1 heterocycles. The van der Waals surface area contributed by atoms with E-state index >= 15 is 0 Å². The van der Waals surface area contributed by atoms with Crippen molar-refractivity contribution in [2.45, 2.75) is 32.6 Å². The lowest BCUT2D eigenvalue weighted by molar-refractivity contribution is 0.0691. The molecule has 4 heteroatoms. The molecule has 0 atom stereocenters. The van der Waals surface area contributed by atoms with Gasteiger partial charge in [0.15, 0.2) is 0 Å². The Kier molecular flexibility index (Phi) is 4.00. The van der Waals surface area contributed by atoms with Gasteiger partial charge in [0.1, 0.15) is 16.9 Å². The molecule has 0 radical (unpaired) electrons. The van der Waals surface area contributed by atoms with Crippen molar-refractivity contribution in [1.82, 2.24) is 0 Å². The average Bonchev–Trinajstić information content (AvgIpc) is 2.39. The van der Waals surface area contributed by atoms with E-state index in [1.54, 1.807) is 24.3 Å². The number of aromatic carboxylic acids is 1. The number of carbonyl (C=O) groups is 1. The Morgan fingerprint density at radius 2 is 2.00 bits per heavy atom. The van der Waals surface area contributed by atoms with Gasteiger partial charge in [0.05, 0.1) is 5.39 Å². The lowest BCUT2D eigenvalue weighted by Crippen LogP contribution is -2.18. The van der Waals surface area contributed by atoms with Crippen molar-refractivity contribution in [3.05, 3.63) is 45.8 Å². The molecular formula is C15H16O4.